The van der Waals surface area contributed by atoms with Crippen molar-refractivity contribution in [3.63, 3.8) is 0 Å². The van der Waals surface area contributed by atoms with Gasteiger partial charge < -0.3 is 19.8 Å². The van der Waals surface area contributed by atoms with E-state index in [9.17, 15) is 18.0 Å². The minimum atomic E-state index is -3.73. The Morgan fingerprint density at radius 1 is 1.08 bits per heavy atom. The van der Waals surface area contributed by atoms with Crippen molar-refractivity contribution in [2.75, 3.05) is 27.3 Å². The van der Waals surface area contributed by atoms with Gasteiger partial charge in [0.05, 0.1) is 24.7 Å². The fraction of sp³-hybridized carbons (Fsp3) is 0.385. The molecule has 0 radical (unpaired) electrons. The number of hydrogen-bond donors (Lipinski definition) is 2. The topological polar surface area (TPSA) is 118 Å². The van der Waals surface area contributed by atoms with Crippen LogP contribution in [0.4, 0.5) is 0 Å². The van der Waals surface area contributed by atoms with E-state index in [0.29, 0.717) is 41.9 Å². The monoisotopic (exact) mass is 513 g/mol. The van der Waals surface area contributed by atoms with Crippen LogP contribution in [0, 0.1) is 0 Å². The molecule has 3 aromatic rings. The highest BCUT2D eigenvalue weighted by Crippen LogP contribution is 2.29. The van der Waals surface area contributed by atoms with Crippen molar-refractivity contribution in [1.82, 2.24) is 14.6 Å². The van der Waals surface area contributed by atoms with Gasteiger partial charge in [-0.15, -0.1) is 0 Å². The SMILES string of the molecule is COc1ccc(CCNC(=O)c2cc(=O)[nH]c3ccc(S(=O)(=O)N4CCCC[C@@H]4C)cc23)cc1OC. The van der Waals surface area contributed by atoms with Crippen LogP contribution in [0.1, 0.15) is 42.1 Å². The average Bonchev–Trinajstić information content (AvgIpc) is 2.87. The summed E-state index contributed by atoms with van der Waals surface area (Å²) in [5.74, 6) is 0.760. The van der Waals surface area contributed by atoms with Crippen molar-refractivity contribution in [2.24, 2.45) is 0 Å². The maximum Gasteiger partial charge on any atom is 0.252 e. The Balaban J connectivity index is 1.58. The van der Waals surface area contributed by atoms with Gasteiger partial charge in [0.15, 0.2) is 11.5 Å². The predicted molar refractivity (Wildman–Crippen MR) is 137 cm³/mol. The zero-order valence-corrected chi connectivity index (χ0v) is 21.5. The molecule has 4 rings (SSSR count). The molecule has 2 aromatic carbocycles. The number of nitrogens with zero attached hydrogens (tertiary/aromatic N) is 1. The number of sulfonamides is 1. The normalized spacial score (nSPS) is 16.6. The molecule has 0 saturated carbocycles. The number of carbonyl (C=O) groups is 1. The fourth-order valence-electron chi connectivity index (χ4n) is 4.60. The first-order chi connectivity index (χ1) is 17.2. The zero-order valence-electron chi connectivity index (χ0n) is 20.7. The van der Waals surface area contributed by atoms with Crippen molar-refractivity contribution in [3.05, 3.63) is 63.9 Å². The third-order valence-corrected chi connectivity index (χ3v) is 8.56. The largest absolute Gasteiger partial charge is 0.493 e. The van der Waals surface area contributed by atoms with Crippen LogP contribution in [0.5, 0.6) is 11.5 Å². The summed E-state index contributed by atoms with van der Waals surface area (Å²) < 4.78 is 38.8. The summed E-state index contributed by atoms with van der Waals surface area (Å²) in [5.41, 5.74) is 1.03. The molecule has 2 N–H and O–H groups in total. The van der Waals surface area contributed by atoms with Crippen LogP contribution >= 0.6 is 0 Å². The van der Waals surface area contributed by atoms with Crippen LogP contribution in [-0.4, -0.2) is 57.0 Å². The lowest BCUT2D eigenvalue weighted by molar-refractivity contribution is 0.0955. The first-order valence-corrected chi connectivity index (χ1v) is 13.4. The number of methoxy groups -OCH3 is 2. The number of hydrogen-bond acceptors (Lipinski definition) is 6. The summed E-state index contributed by atoms with van der Waals surface area (Å²) in [5, 5.41) is 3.22. The molecule has 1 aliphatic heterocycles. The van der Waals surface area contributed by atoms with Gasteiger partial charge in [0, 0.05) is 36.1 Å². The van der Waals surface area contributed by atoms with E-state index in [1.165, 1.54) is 22.5 Å². The summed E-state index contributed by atoms with van der Waals surface area (Å²) >= 11 is 0. The Morgan fingerprint density at radius 3 is 2.58 bits per heavy atom. The number of H-pyrrole nitrogens is 1. The van der Waals surface area contributed by atoms with Gasteiger partial charge in [-0.25, -0.2) is 8.42 Å². The Morgan fingerprint density at radius 2 is 1.86 bits per heavy atom. The average molecular weight is 514 g/mol. The highest BCUT2D eigenvalue weighted by atomic mass is 32.2. The molecule has 0 bridgehead atoms. The molecule has 10 heteroatoms. The number of pyridine rings is 1. The second kappa shape index (κ2) is 10.7. The lowest BCUT2D eigenvalue weighted by Gasteiger charge is -2.32. The van der Waals surface area contributed by atoms with E-state index in [1.54, 1.807) is 26.4 Å². The van der Waals surface area contributed by atoms with Crippen LogP contribution in [0.3, 0.4) is 0 Å². The van der Waals surface area contributed by atoms with E-state index < -0.39 is 21.5 Å². The molecular formula is C26H31N3O6S. The predicted octanol–water partition coefficient (Wildman–Crippen LogP) is 3.08. The second-order valence-corrected chi connectivity index (χ2v) is 10.8. The number of carbonyl (C=O) groups excluding carboxylic acids is 1. The van der Waals surface area contributed by atoms with E-state index in [4.69, 9.17) is 9.47 Å². The number of aromatic nitrogens is 1. The summed E-state index contributed by atoms with van der Waals surface area (Å²) in [6.07, 6.45) is 3.16. The van der Waals surface area contributed by atoms with Crippen molar-refractivity contribution in [3.8, 4) is 11.5 Å². The van der Waals surface area contributed by atoms with Crippen LogP contribution in [0.15, 0.2) is 52.2 Å². The lowest BCUT2D eigenvalue weighted by atomic mass is 10.1. The number of rotatable bonds is 8. The smallest absolute Gasteiger partial charge is 0.252 e. The van der Waals surface area contributed by atoms with Crippen molar-refractivity contribution in [1.29, 1.82) is 0 Å². The lowest BCUT2D eigenvalue weighted by Crippen LogP contribution is -2.41. The van der Waals surface area contributed by atoms with Crippen LogP contribution in [-0.2, 0) is 16.4 Å². The van der Waals surface area contributed by atoms with E-state index in [0.717, 1.165) is 24.8 Å². The standard InChI is InChI=1S/C26H31N3O6S/c1-17-6-4-5-13-29(17)36(32,33)19-8-9-22-20(15-19)21(16-25(30)28-22)26(31)27-12-11-18-7-10-23(34-2)24(14-18)35-3/h7-10,14-17H,4-6,11-13H2,1-3H3,(H,27,31)(H,28,30)/t17-/m0/s1. The molecule has 1 saturated heterocycles. The molecule has 1 aromatic heterocycles. The quantitative estimate of drug-likeness (QED) is 0.478. The summed E-state index contributed by atoms with van der Waals surface area (Å²) in [7, 11) is -0.613. The maximum atomic E-state index is 13.4. The Kier molecular flexibility index (Phi) is 7.65. The van der Waals surface area contributed by atoms with Crippen LogP contribution in [0.25, 0.3) is 10.9 Å². The van der Waals surface area contributed by atoms with Crippen LogP contribution < -0.4 is 20.3 Å². The van der Waals surface area contributed by atoms with Gasteiger partial charge in [-0.1, -0.05) is 12.5 Å². The summed E-state index contributed by atoms with van der Waals surface area (Å²) in [4.78, 5) is 28.1. The van der Waals surface area contributed by atoms with Gasteiger partial charge in [0.25, 0.3) is 5.91 Å². The molecule has 2 heterocycles. The highest BCUT2D eigenvalue weighted by Gasteiger charge is 2.31. The first-order valence-electron chi connectivity index (χ1n) is 11.9. The summed E-state index contributed by atoms with van der Waals surface area (Å²) in [6.45, 7) is 2.69. The molecule has 192 valence electrons. The van der Waals surface area contributed by atoms with Gasteiger partial charge in [0.2, 0.25) is 15.6 Å². The fourth-order valence-corrected chi connectivity index (χ4v) is 6.32. The molecule has 1 amide bonds. The number of piperidine rings is 1. The summed E-state index contributed by atoms with van der Waals surface area (Å²) in [6, 6.07) is 11.1. The molecular weight excluding hydrogens is 482 g/mol. The van der Waals surface area contributed by atoms with Crippen molar-refractivity contribution in [2.45, 2.75) is 43.5 Å². The molecule has 1 fully saturated rings. The number of aromatic amines is 1. The van der Waals surface area contributed by atoms with E-state index >= 15 is 0 Å². The zero-order chi connectivity index (χ0) is 25.9. The van der Waals surface area contributed by atoms with Gasteiger partial charge in [-0.3, -0.25) is 9.59 Å². The number of nitrogens with one attached hydrogen (secondary N) is 2. The van der Waals surface area contributed by atoms with Crippen molar-refractivity contribution >= 4 is 26.8 Å². The number of amides is 1. The number of fused-ring (bicyclic) bond motifs is 1. The first kappa shape index (κ1) is 25.7. The minimum absolute atomic E-state index is 0.0885. The van der Waals surface area contributed by atoms with Gasteiger partial charge in [-0.2, -0.15) is 4.31 Å². The Labute approximate surface area is 210 Å². The van der Waals surface area contributed by atoms with Crippen molar-refractivity contribution < 1.29 is 22.7 Å². The molecule has 0 aliphatic carbocycles. The molecule has 1 atom stereocenters. The van der Waals surface area contributed by atoms with Gasteiger partial charge >= 0.3 is 0 Å². The van der Waals surface area contributed by atoms with Gasteiger partial charge in [-0.05, 0) is 62.1 Å². The third kappa shape index (κ3) is 5.24. The molecule has 0 unspecified atom stereocenters. The maximum absolute atomic E-state index is 13.4. The Bertz CT molecular complexity index is 1430. The minimum Gasteiger partial charge on any atom is -0.493 e. The van der Waals surface area contributed by atoms with E-state index in [1.807, 2.05) is 19.1 Å². The Hall–Kier alpha value is -3.37. The number of benzene rings is 2. The molecule has 1 aliphatic rings. The third-order valence-electron chi connectivity index (χ3n) is 6.55. The van der Waals surface area contributed by atoms with Crippen LogP contribution in [0.2, 0.25) is 0 Å². The number of ether oxygens (including phenoxy) is 2. The van der Waals surface area contributed by atoms with E-state index in [-0.39, 0.29) is 16.5 Å². The van der Waals surface area contributed by atoms with E-state index in [2.05, 4.69) is 10.3 Å². The molecule has 9 nitrogen and oxygen atoms in total. The van der Waals surface area contributed by atoms with Gasteiger partial charge in [0.1, 0.15) is 0 Å². The highest BCUT2D eigenvalue weighted by molar-refractivity contribution is 7.89. The second-order valence-electron chi connectivity index (χ2n) is 8.91. The molecule has 0 spiro atoms. The molecule has 36 heavy (non-hydrogen) atoms.